The molecule has 1 aromatic carbocycles. The van der Waals surface area contributed by atoms with Crippen LogP contribution in [0.2, 0.25) is 0 Å². The van der Waals surface area contributed by atoms with Gasteiger partial charge in [0.25, 0.3) is 5.91 Å². The number of methoxy groups -OCH3 is 1. The Hall–Kier alpha value is -3.02. The van der Waals surface area contributed by atoms with E-state index in [1.807, 2.05) is 12.1 Å². The first-order valence-electron chi connectivity index (χ1n) is 8.16. The highest BCUT2D eigenvalue weighted by molar-refractivity contribution is 5.95. The predicted molar refractivity (Wildman–Crippen MR) is 99.0 cm³/mol. The standard InChI is InChI=1S/C20H23NO5/c1-20(2,3)14-7-9-17(24-4)16(12-14)21-18(22)13-26-19(23)10-8-15-6-5-11-25-15/h5-12H,13H2,1-4H3,(H,21,22). The van der Waals surface area contributed by atoms with Crippen LogP contribution in [-0.4, -0.2) is 25.6 Å². The van der Waals surface area contributed by atoms with Crippen molar-refractivity contribution in [2.45, 2.75) is 26.2 Å². The average Bonchev–Trinajstić information content (AvgIpc) is 3.11. The Bertz CT molecular complexity index is 785. The molecule has 2 rings (SSSR count). The number of amides is 1. The maximum Gasteiger partial charge on any atom is 0.331 e. The van der Waals surface area contributed by atoms with E-state index >= 15 is 0 Å². The highest BCUT2D eigenvalue weighted by atomic mass is 16.5. The molecule has 1 amide bonds. The number of esters is 1. The Morgan fingerprint density at radius 3 is 2.62 bits per heavy atom. The van der Waals surface area contributed by atoms with Crippen molar-refractivity contribution in [1.29, 1.82) is 0 Å². The van der Waals surface area contributed by atoms with E-state index in [1.54, 1.807) is 18.2 Å². The van der Waals surface area contributed by atoms with Gasteiger partial charge in [0.1, 0.15) is 11.5 Å². The fourth-order valence-electron chi connectivity index (χ4n) is 2.18. The summed E-state index contributed by atoms with van der Waals surface area (Å²) in [6.45, 7) is 5.83. The first kappa shape index (κ1) is 19.3. The minimum atomic E-state index is -0.632. The minimum Gasteiger partial charge on any atom is -0.495 e. The van der Waals surface area contributed by atoms with E-state index in [0.717, 1.165) is 5.56 Å². The Balaban J connectivity index is 1.95. The molecule has 0 aliphatic carbocycles. The summed E-state index contributed by atoms with van der Waals surface area (Å²) in [7, 11) is 1.53. The summed E-state index contributed by atoms with van der Waals surface area (Å²) in [5.41, 5.74) is 1.51. The van der Waals surface area contributed by atoms with Crippen LogP contribution < -0.4 is 10.1 Å². The molecule has 6 nitrogen and oxygen atoms in total. The van der Waals surface area contributed by atoms with Gasteiger partial charge in [0.05, 0.1) is 19.1 Å². The number of benzene rings is 1. The van der Waals surface area contributed by atoms with Crippen LogP contribution in [0, 0.1) is 0 Å². The summed E-state index contributed by atoms with van der Waals surface area (Å²) in [6.07, 6.45) is 4.17. The number of rotatable bonds is 6. The molecule has 0 unspecified atom stereocenters. The Morgan fingerprint density at radius 1 is 1.23 bits per heavy atom. The minimum absolute atomic E-state index is 0.0745. The van der Waals surface area contributed by atoms with E-state index in [-0.39, 0.29) is 5.41 Å². The van der Waals surface area contributed by atoms with Crippen LogP contribution in [-0.2, 0) is 19.7 Å². The normalized spacial score (nSPS) is 11.4. The number of carbonyl (C=O) groups excluding carboxylic acids is 2. The fourth-order valence-corrected chi connectivity index (χ4v) is 2.18. The van der Waals surface area contributed by atoms with Gasteiger partial charge in [-0.15, -0.1) is 0 Å². The smallest absolute Gasteiger partial charge is 0.331 e. The summed E-state index contributed by atoms with van der Waals surface area (Å²) >= 11 is 0. The molecule has 0 spiro atoms. The van der Waals surface area contributed by atoms with Gasteiger partial charge in [0.15, 0.2) is 6.61 Å². The molecule has 0 saturated heterocycles. The first-order valence-corrected chi connectivity index (χ1v) is 8.16. The average molecular weight is 357 g/mol. The topological polar surface area (TPSA) is 77.8 Å². The van der Waals surface area contributed by atoms with Crippen molar-refractivity contribution in [3.63, 3.8) is 0 Å². The molecule has 0 radical (unpaired) electrons. The monoisotopic (exact) mass is 357 g/mol. The Kier molecular flexibility index (Phi) is 6.22. The number of hydrogen-bond acceptors (Lipinski definition) is 5. The second-order valence-corrected chi connectivity index (χ2v) is 6.67. The summed E-state index contributed by atoms with van der Waals surface area (Å²) in [5.74, 6) is -0.0217. The van der Waals surface area contributed by atoms with Crippen LogP contribution in [0.4, 0.5) is 5.69 Å². The van der Waals surface area contributed by atoms with Crippen molar-refractivity contribution in [1.82, 2.24) is 0 Å². The number of anilines is 1. The lowest BCUT2D eigenvalue weighted by Crippen LogP contribution is -2.21. The highest BCUT2D eigenvalue weighted by Crippen LogP contribution is 2.31. The van der Waals surface area contributed by atoms with Crippen LogP contribution in [0.1, 0.15) is 32.1 Å². The van der Waals surface area contributed by atoms with Crippen molar-refractivity contribution in [2.24, 2.45) is 0 Å². The van der Waals surface area contributed by atoms with Crippen molar-refractivity contribution in [2.75, 3.05) is 19.0 Å². The number of nitrogens with one attached hydrogen (secondary N) is 1. The van der Waals surface area contributed by atoms with E-state index in [9.17, 15) is 9.59 Å². The predicted octanol–water partition coefficient (Wildman–Crippen LogP) is 3.78. The van der Waals surface area contributed by atoms with Gasteiger partial charge in [0, 0.05) is 6.08 Å². The third-order valence-corrected chi connectivity index (χ3v) is 3.61. The lowest BCUT2D eigenvalue weighted by molar-refractivity contribution is -0.142. The Morgan fingerprint density at radius 2 is 2.00 bits per heavy atom. The highest BCUT2D eigenvalue weighted by Gasteiger charge is 2.17. The molecule has 0 aliphatic heterocycles. The zero-order valence-electron chi connectivity index (χ0n) is 15.4. The molecular weight excluding hydrogens is 334 g/mol. The third-order valence-electron chi connectivity index (χ3n) is 3.61. The van der Waals surface area contributed by atoms with Gasteiger partial charge in [0.2, 0.25) is 0 Å². The molecule has 1 heterocycles. The van der Waals surface area contributed by atoms with Gasteiger partial charge in [-0.25, -0.2) is 4.79 Å². The van der Waals surface area contributed by atoms with Crippen molar-refractivity contribution >= 4 is 23.6 Å². The number of hydrogen-bond donors (Lipinski definition) is 1. The van der Waals surface area contributed by atoms with Gasteiger partial charge >= 0.3 is 5.97 Å². The summed E-state index contributed by atoms with van der Waals surface area (Å²) in [5, 5.41) is 2.72. The molecule has 0 saturated carbocycles. The van der Waals surface area contributed by atoms with Crippen LogP contribution >= 0.6 is 0 Å². The van der Waals surface area contributed by atoms with Crippen LogP contribution in [0.3, 0.4) is 0 Å². The summed E-state index contributed by atoms with van der Waals surface area (Å²) in [4.78, 5) is 23.7. The van der Waals surface area contributed by atoms with Crippen LogP contribution in [0.25, 0.3) is 6.08 Å². The SMILES string of the molecule is COc1ccc(C(C)(C)C)cc1NC(=O)COC(=O)C=Cc1ccco1. The van der Waals surface area contributed by atoms with Crippen molar-refractivity contribution < 1.29 is 23.5 Å². The molecule has 1 N–H and O–H groups in total. The van der Waals surface area contributed by atoms with Crippen LogP contribution in [0.15, 0.2) is 47.1 Å². The van der Waals surface area contributed by atoms with Crippen molar-refractivity contribution in [3.8, 4) is 5.75 Å². The number of carbonyl (C=O) groups is 2. The van der Waals surface area contributed by atoms with E-state index in [2.05, 4.69) is 26.1 Å². The zero-order valence-corrected chi connectivity index (χ0v) is 15.4. The fraction of sp³-hybridized carbons (Fsp3) is 0.300. The molecule has 0 aliphatic rings. The number of ether oxygens (including phenoxy) is 2. The molecular formula is C20H23NO5. The Labute approximate surface area is 152 Å². The molecule has 0 fully saturated rings. The van der Waals surface area contributed by atoms with E-state index in [0.29, 0.717) is 17.2 Å². The molecule has 6 heteroatoms. The lowest BCUT2D eigenvalue weighted by Gasteiger charge is -2.21. The zero-order chi connectivity index (χ0) is 19.2. The van der Waals surface area contributed by atoms with Gasteiger partial charge in [-0.2, -0.15) is 0 Å². The quantitative estimate of drug-likeness (QED) is 0.629. The lowest BCUT2D eigenvalue weighted by atomic mass is 9.87. The second-order valence-electron chi connectivity index (χ2n) is 6.67. The first-order chi connectivity index (χ1) is 12.3. The van der Waals surface area contributed by atoms with E-state index in [1.165, 1.54) is 25.5 Å². The molecule has 0 bridgehead atoms. The largest absolute Gasteiger partial charge is 0.495 e. The van der Waals surface area contributed by atoms with E-state index < -0.39 is 18.5 Å². The van der Waals surface area contributed by atoms with Gasteiger partial charge in [-0.05, 0) is 41.3 Å². The van der Waals surface area contributed by atoms with Gasteiger partial charge in [-0.3, -0.25) is 4.79 Å². The third kappa shape index (κ3) is 5.51. The maximum atomic E-state index is 12.1. The second kappa shape index (κ2) is 8.38. The van der Waals surface area contributed by atoms with Crippen molar-refractivity contribution in [3.05, 3.63) is 54.0 Å². The van der Waals surface area contributed by atoms with E-state index in [4.69, 9.17) is 13.9 Å². The molecule has 26 heavy (non-hydrogen) atoms. The molecule has 1 aromatic heterocycles. The molecule has 138 valence electrons. The number of furan rings is 1. The van der Waals surface area contributed by atoms with Gasteiger partial charge < -0.3 is 19.2 Å². The molecule has 0 atom stereocenters. The van der Waals surface area contributed by atoms with Crippen LogP contribution in [0.5, 0.6) is 5.75 Å². The maximum absolute atomic E-state index is 12.1. The van der Waals surface area contributed by atoms with Gasteiger partial charge in [-0.1, -0.05) is 26.8 Å². The summed E-state index contributed by atoms with van der Waals surface area (Å²) < 4.78 is 15.3. The molecule has 2 aromatic rings. The summed E-state index contributed by atoms with van der Waals surface area (Å²) in [6, 6.07) is 9.01.